The van der Waals surface area contributed by atoms with Gasteiger partial charge in [0.1, 0.15) is 0 Å². The Labute approximate surface area is 153 Å². The molecule has 1 amide bonds. The molecular weight excluding hydrogens is 334 g/mol. The fourth-order valence-electron chi connectivity index (χ4n) is 2.28. The van der Waals surface area contributed by atoms with Crippen LogP contribution >= 0.6 is 11.8 Å². The van der Waals surface area contributed by atoms with Gasteiger partial charge in [-0.25, -0.2) is 4.68 Å². The average Bonchev–Trinajstić information content (AvgIpc) is 3.25. The molecule has 3 rings (SSSR count). The predicted molar refractivity (Wildman–Crippen MR) is 104 cm³/mol. The van der Waals surface area contributed by atoms with E-state index in [1.807, 2.05) is 43.5 Å². The fraction of sp³-hybridized carbons (Fsp3) is 0.333. The number of nitrogen functional groups attached to an aromatic ring is 1. The second-order valence-electron chi connectivity index (χ2n) is 5.79. The van der Waals surface area contributed by atoms with Crippen molar-refractivity contribution in [2.75, 3.05) is 32.3 Å². The summed E-state index contributed by atoms with van der Waals surface area (Å²) in [6.07, 6.45) is 3.64. The van der Waals surface area contributed by atoms with Crippen LogP contribution in [0.2, 0.25) is 0 Å². The predicted octanol–water partition coefficient (Wildman–Crippen LogP) is 2.79. The molecule has 1 aliphatic heterocycles. The van der Waals surface area contributed by atoms with Crippen molar-refractivity contribution in [2.45, 2.75) is 13.8 Å². The molecule has 0 saturated carbocycles. The number of amides is 1. The number of allylic oxidation sites excluding steroid dienone is 1. The van der Waals surface area contributed by atoms with Gasteiger partial charge in [0.15, 0.2) is 0 Å². The molecule has 0 spiro atoms. The van der Waals surface area contributed by atoms with Gasteiger partial charge >= 0.3 is 0 Å². The van der Waals surface area contributed by atoms with E-state index in [0.717, 1.165) is 34.4 Å². The van der Waals surface area contributed by atoms with E-state index < -0.39 is 0 Å². The number of carbonyl (C=O) groups excluding carboxylic acids is 1. The van der Waals surface area contributed by atoms with Crippen LogP contribution in [0.4, 0.5) is 5.69 Å². The molecule has 0 atom stereocenters. The Balaban J connectivity index is 0.000000181. The summed E-state index contributed by atoms with van der Waals surface area (Å²) in [5.41, 5.74) is 8.46. The highest BCUT2D eigenvalue weighted by molar-refractivity contribution is 8.04. The van der Waals surface area contributed by atoms with Gasteiger partial charge in [0.2, 0.25) is 0 Å². The number of nitrogens with zero attached hydrogens (tertiary/aromatic N) is 4. The lowest BCUT2D eigenvalue weighted by Crippen LogP contribution is -2.23. The Morgan fingerprint density at radius 1 is 1.32 bits per heavy atom. The van der Waals surface area contributed by atoms with E-state index in [-0.39, 0.29) is 5.91 Å². The van der Waals surface area contributed by atoms with Crippen LogP contribution in [0.25, 0.3) is 5.69 Å². The van der Waals surface area contributed by atoms with Gasteiger partial charge < -0.3 is 15.5 Å². The van der Waals surface area contributed by atoms with Gasteiger partial charge in [-0.3, -0.25) is 4.79 Å². The summed E-state index contributed by atoms with van der Waals surface area (Å²) >= 11 is 1.63. The number of hydrogen-bond donors (Lipinski definition) is 1. The maximum atomic E-state index is 11.6. The van der Waals surface area contributed by atoms with Crippen molar-refractivity contribution in [1.82, 2.24) is 19.6 Å². The standard InChI is InChI=1S/C9H9N3.C9H16N2OS/c10-8-2-4-9(5-3-8)12-7-1-6-11-12;1-5-11-6-13-8(7(11)2)9(12)10(3)4/h1-7H,10H2;5-6H2,1-4H3. The molecule has 25 heavy (non-hydrogen) atoms. The van der Waals surface area contributed by atoms with Crippen molar-refractivity contribution in [3.8, 4) is 5.69 Å². The average molecular weight is 359 g/mol. The first-order valence-corrected chi connectivity index (χ1v) is 9.08. The molecule has 0 unspecified atom stereocenters. The molecule has 2 aromatic rings. The lowest BCUT2D eigenvalue weighted by molar-refractivity contribution is -0.124. The van der Waals surface area contributed by atoms with E-state index in [2.05, 4.69) is 16.9 Å². The van der Waals surface area contributed by atoms with Gasteiger partial charge in [0, 0.05) is 44.4 Å². The van der Waals surface area contributed by atoms with Crippen LogP contribution < -0.4 is 5.73 Å². The lowest BCUT2D eigenvalue weighted by atomic mass is 10.3. The number of rotatable bonds is 3. The highest BCUT2D eigenvalue weighted by Crippen LogP contribution is 2.32. The molecule has 134 valence electrons. The first-order chi connectivity index (χ1) is 11.9. The molecule has 0 radical (unpaired) electrons. The first-order valence-electron chi connectivity index (χ1n) is 8.09. The molecule has 0 bridgehead atoms. The van der Waals surface area contributed by atoms with E-state index in [4.69, 9.17) is 5.73 Å². The van der Waals surface area contributed by atoms with Gasteiger partial charge in [-0.1, -0.05) is 11.8 Å². The Morgan fingerprint density at radius 2 is 2.00 bits per heavy atom. The van der Waals surface area contributed by atoms with Crippen molar-refractivity contribution in [3.05, 3.63) is 53.3 Å². The normalized spacial score (nSPS) is 13.5. The number of benzene rings is 1. The van der Waals surface area contributed by atoms with Crippen LogP contribution in [-0.2, 0) is 4.79 Å². The summed E-state index contributed by atoms with van der Waals surface area (Å²) in [6.45, 7) is 5.09. The van der Waals surface area contributed by atoms with Gasteiger partial charge in [-0.2, -0.15) is 5.10 Å². The summed E-state index contributed by atoms with van der Waals surface area (Å²) in [5.74, 6) is 1.04. The van der Waals surface area contributed by atoms with Crippen LogP contribution in [0.5, 0.6) is 0 Å². The molecule has 0 fully saturated rings. The first kappa shape index (κ1) is 18.9. The number of aromatic nitrogens is 2. The minimum Gasteiger partial charge on any atom is -0.399 e. The van der Waals surface area contributed by atoms with Crippen LogP contribution in [0, 0.1) is 0 Å². The molecule has 6 nitrogen and oxygen atoms in total. The minimum absolute atomic E-state index is 0.124. The smallest absolute Gasteiger partial charge is 0.261 e. The molecule has 1 aromatic heterocycles. The third-order valence-corrected chi connectivity index (χ3v) is 5.01. The summed E-state index contributed by atoms with van der Waals surface area (Å²) in [4.78, 5) is 16.4. The minimum atomic E-state index is 0.124. The molecule has 0 saturated heterocycles. The molecule has 2 heterocycles. The van der Waals surface area contributed by atoms with Gasteiger partial charge in [0.25, 0.3) is 5.91 Å². The number of thioether (sulfide) groups is 1. The van der Waals surface area contributed by atoms with E-state index in [1.54, 1.807) is 41.6 Å². The zero-order chi connectivity index (χ0) is 18.4. The van der Waals surface area contributed by atoms with Crippen LogP contribution in [-0.4, -0.2) is 52.0 Å². The zero-order valence-electron chi connectivity index (χ0n) is 15.1. The largest absolute Gasteiger partial charge is 0.399 e. The molecule has 1 aliphatic rings. The van der Waals surface area contributed by atoms with Crippen molar-refractivity contribution >= 4 is 23.4 Å². The SMILES string of the molecule is CCN1CSC(C(=O)N(C)C)=C1C.Nc1ccc(-n2cccn2)cc1. The topological polar surface area (TPSA) is 67.4 Å². The van der Waals surface area contributed by atoms with Crippen molar-refractivity contribution < 1.29 is 4.79 Å². The zero-order valence-corrected chi connectivity index (χ0v) is 16.0. The van der Waals surface area contributed by atoms with Crippen molar-refractivity contribution in [1.29, 1.82) is 0 Å². The summed E-state index contributed by atoms with van der Waals surface area (Å²) < 4.78 is 1.79. The molecule has 2 N–H and O–H groups in total. The Morgan fingerprint density at radius 3 is 2.48 bits per heavy atom. The van der Waals surface area contributed by atoms with Crippen molar-refractivity contribution in [2.24, 2.45) is 0 Å². The monoisotopic (exact) mass is 359 g/mol. The highest BCUT2D eigenvalue weighted by Gasteiger charge is 2.24. The number of anilines is 1. The van der Waals surface area contributed by atoms with Crippen LogP contribution in [0.15, 0.2) is 53.3 Å². The van der Waals surface area contributed by atoms with E-state index in [9.17, 15) is 4.79 Å². The summed E-state index contributed by atoms with van der Waals surface area (Å²) in [5, 5.41) is 4.09. The summed E-state index contributed by atoms with van der Waals surface area (Å²) in [6, 6.07) is 9.47. The number of nitrogens with two attached hydrogens (primary N) is 1. The van der Waals surface area contributed by atoms with Gasteiger partial charge in [-0.05, 0) is 44.2 Å². The molecule has 1 aromatic carbocycles. The Hall–Kier alpha value is -2.41. The second-order valence-corrected chi connectivity index (χ2v) is 6.74. The molecule has 0 aliphatic carbocycles. The Kier molecular flexibility index (Phi) is 6.52. The number of hydrogen-bond acceptors (Lipinski definition) is 5. The van der Waals surface area contributed by atoms with Gasteiger partial charge in [-0.15, -0.1) is 0 Å². The van der Waals surface area contributed by atoms with Gasteiger partial charge in [0.05, 0.1) is 16.5 Å². The quantitative estimate of drug-likeness (QED) is 0.854. The lowest BCUT2D eigenvalue weighted by Gasteiger charge is -2.16. The third kappa shape index (κ3) is 4.79. The third-order valence-electron chi connectivity index (χ3n) is 3.81. The fourth-order valence-corrected chi connectivity index (χ4v) is 3.59. The van der Waals surface area contributed by atoms with Crippen LogP contribution in [0.3, 0.4) is 0 Å². The van der Waals surface area contributed by atoms with E-state index >= 15 is 0 Å². The molecule has 7 heteroatoms. The second kappa shape index (κ2) is 8.62. The summed E-state index contributed by atoms with van der Waals surface area (Å²) in [7, 11) is 3.58. The van der Waals surface area contributed by atoms with Crippen LogP contribution in [0.1, 0.15) is 13.8 Å². The van der Waals surface area contributed by atoms with E-state index in [1.165, 1.54) is 0 Å². The maximum absolute atomic E-state index is 11.6. The Bertz CT molecular complexity index is 722. The highest BCUT2D eigenvalue weighted by atomic mass is 32.2. The number of carbonyl (C=O) groups is 1. The maximum Gasteiger partial charge on any atom is 0.261 e. The number of likely N-dealkylation sites (N-methyl/N-ethyl adjacent to an activating group) is 1. The van der Waals surface area contributed by atoms with Crippen molar-refractivity contribution in [3.63, 3.8) is 0 Å². The molecular formula is C18H25N5OS. The van der Waals surface area contributed by atoms with E-state index in [0.29, 0.717) is 0 Å².